The van der Waals surface area contributed by atoms with Crippen LogP contribution in [-0.4, -0.2) is 7.11 Å². The number of ether oxygens (including phenoxy) is 1. The van der Waals surface area contributed by atoms with Gasteiger partial charge in [0.1, 0.15) is 5.75 Å². The Labute approximate surface area is 135 Å². The van der Waals surface area contributed by atoms with Gasteiger partial charge in [-0.15, -0.1) is 0 Å². The van der Waals surface area contributed by atoms with E-state index in [2.05, 4.69) is 57.0 Å². The summed E-state index contributed by atoms with van der Waals surface area (Å²) < 4.78 is 6.25. The lowest BCUT2D eigenvalue weighted by Gasteiger charge is -2.15. The first kappa shape index (κ1) is 14.9. The second-order valence-electron chi connectivity index (χ2n) is 4.28. The van der Waals surface area contributed by atoms with Gasteiger partial charge in [0.2, 0.25) is 0 Å². The number of hydrogen-bond donors (Lipinski definition) is 0. The lowest BCUT2D eigenvalue weighted by molar-refractivity contribution is 0.415. The summed E-state index contributed by atoms with van der Waals surface area (Å²) >= 11 is 13.5. The molecule has 4 heteroatoms. The van der Waals surface area contributed by atoms with Gasteiger partial charge in [-0.3, -0.25) is 0 Å². The van der Waals surface area contributed by atoms with E-state index in [4.69, 9.17) is 16.3 Å². The van der Waals surface area contributed by atoms with Crippen LogP contribution < -0.4 is 4.74 Å². The zero-order chi connectivity index (χ0) is 14.0. The molecule has 19 heavy (non-hydrogen) atoms. The van der Waals surface area contributed by atoms with E-state index in [0.29, 0.717) is 10.8 Å². The highest BCUT2D eigenvalue weighted by Crippen LogP contribution is 2.38. The number of alkyl halides is 1. The highest BCUT2D eigenvalue weighted by molar-refractivity contribution is 9.11. The van der Waals surface area contributed by atoms with Crippen LogP contribution in [0.15, 0.2) is 40.9 Å². The average Bonchev–Trinajstić information content (AvgIpc) is 2.40. The molecule has 2 aromatic rings. The molecule has 0 radical (unpaired) electrons. The zero-order valence-electron chi connectivity index (χ0n) is 10.6. The Hall–Kier alpha value is -0.510. The van der Waals surface area contributed by atoms with Gasteiger partial charge in [-0.05, 0) is 36.2 Å². The molecule has 0 bridgehead atoms. The standard InChI is InChI=1S/C15H13Br2ClO/c1-9-3-5-12(16)11(7-9)15(17)10-4-6-14(19-2)13(18)8-10/h3-8,15H,1-2H3. The van der Waals surface area contributed by atoms with Gasteiger partial charge in [0, 0.05) is 4.47 Å². The molecule has 0 saturated carbocycles. The SMILES string of the molecule is COc1ccc(C(Br)c2cc(C)ccc2Br)cc1Cl. The van der Waals surface area contributed by atoms with Crippen molar-refractivity contribution in [1.29, 1.82) is 0 Å². The van der Waals surface area contributed by atoms with Crippen molar-refractivity contribution in [1.82, 2.24) is 0 Å². The molecule has 0 aliphatic heterocycles. The minimum absolute atomic E-state index is 0.0881. The third-order valence-corrected chi connectivity index (χ3v) is 4.93. The molecular formula is C15H13Br2ClO. The van der Waals surface area contributed by atoms with E-state index >= 15 is 0 Å². The maximum atomic E-state index is 6.17. The van der Waals surface area contributed by atoms with Crippen LogP contribution in [0.4, 0.5) is 0 Å². The highest BCUT2D eigenvalue weighted by atomic mass is 79.9. The number of methoxy groups -OCH3 is 1. The molecule has 0 heterocycles. The summed E-state index contributed by atoms with van der Waals surface area (Å²) in [5.41, 5.74) is 3.50. The molecule has 2 rings (SSSR count). The molecule has 0 amide bonds. The van der Waals surface area contributed by atoms with Crippen molar-refractivity contribution < 1.29 is 4.74 Å². The van der Waals surface area contributed by atoms with Gasteiger partial charge in [-0.2, -0.15) is 0 Å². The van der Waals surface area contributed by atoms with Crippen LogP contribution in [0.5, 0.6) is 5.75 Å². The molecule has 100 valence electrons. The minimum Gasteiger partial charge on any atom is -0.495 e. The molecule has 2 aromatic carbocycles. The number of rotatable bonds is 3. The van der Waals surface area contributed by atoms with Crippen LogP contribution in [0, 0.1) is 6.92 Å². The molecule has 0 aromatic heterocycles. The van der Waals surface area contributed by atoms with Crippen molar-refractivity contribution in [3.8, 4) is 5.75 Å². The predicted octanol–water partition coefficient (Wildman–Crippen LogP) is 5.90. The maximum absolute atomic E-state index is 6.17. The Balaban J connectivity index is 2.41. The summed E-state index contributed by atoms with van der Waals surface area (Å²) in [5.74, 6) is 0.688. The van der Waals surface area contributed by atoms with E-state index in [9.17, 15) is 0 Å². The molecular weight excluding hydrogens is 391 g/mol. The fourth-order valence-electron chi connectivity index (χ4n) is 1.88. The first-order chi connectivity index (χ1) is 9.02. The van der Waals surface area contributed by atoms with Crippen molar-refractivity contribution in [2.75, 3.05) is 7.11 Å². The topological polar surface area (TPSA) is 9.23 Å². The quantitative estimate of drug-likeness (QED) is 0.579. The molecule has 0 aliphatic carbocycles. The Morgan fingerprint density at radius 1 is 1.16 bits per heavy atom. The third kappa shape index (κ3) is 3.33. The molecule has 0 spiro atoms. The summed E-state index contributed by atoms with van der Waals surface area (Å²) in [6, 6.07) is 12.1. The molecule has 0 fully saturated rings. The normalized spacial score (nSPS) is 12.3. The van der Waals surface area contributed by atoms with E-state index in [0.717, 1.165) is 10.0 Å². The lowest BCUT2D eigenvalue weighted by Crippen LogP contribution is -1.96. The first-order valence-electron chi connectivity index (χ1n) is 5.76. The average molecular weight is 405 g/mol. The molecule has 0 N–H and O–H groups in total. The van der Waals surface area contributed by atoms with Crippen LogP contribution >= 0.6 is 43.5 Å². The first-order valence-corrected chi connectivity index (χ1v) is 7.85. The van der Waals surface area contributed by atoms with Crippen molar-refractivity contribution >= 4 is 43.5 Å². The second-order valence-corrected chi connectivity index (χ2v) is 6.46. The molecule has 1 nitrogen and oxygen atoms in total. The van der Waals surface area contributed by atoms with E-state index < -0.39 is 0 Å². The Kier molecular flexibility index (Phi) is 4.93. The summed E-state index contributed by atoms with van der Waals surface area (Å²) in [6.45, 7) is 2.08. The maximum Gasteiger partial charge on any atom is 0.137 e. The van der Waals surface area contributed by atoms with Crippen LogP contribution in [0.3, 0.4) is 0 Å². The van der Waals surface area contributed by atoms with E-state index in [1.165, 1.54) is 11.1 Å². The smallest absolute Gasteiger partial charge is 0.137 e. The summed E-state index contributed by atoms with van der Waals surface area (Å²) in [4.78, 5) is 0.0881. The van der Waals surface area contributed by atoms with Crippen LogP contribution in [0.2, 0.25) is 5.02 Å². The number of halogens is 3. The van der Waals surface area contributed by atoms with E-state index in [1.54, 1.807) is 7.11 Å². The predicted molar refractivity (Wildman–Crippen MR) is 87.7 cm³/mol. The molecule has 1 atom stereocenters. The fourth-order valence-corrected chi connectivity index (χ4v) is 3.59. The third-order valence-electron chi connectivity index (χ3n) is 2.89. The minimum atomic E-state index is 0.0881. The van der Waals surface area contributed by atoms with Gasteiger partial charge >= 0.3 is 0 Å². The van der Waals surface area contributed by atoms with Gasteiger partial charge in [-0.25, -0.2) is 0 Å². The summed E-state index contributed by atoms with van der Waals surface area (Å²) in [5, 5.41) is 0.619. The summed E-state index contributed by atoms with van der Waals surface area (Å²) in [7, 11) is 1.61. The molecule has 0 saturated heterocycles. The van der Waals surface area contributed by atoms with E-state index in [-0.39, 0.29) is 4.83 Å². The molecule has 0 aliphatic rings. The largest absolute Gasteiger partial charge is 0.495 e. The van der Waals surface area contributed by atoms with Crippen molar-refractivity contribution in [3.63, 3.8) is 0 Å². The van der Waals surface area contributed by atoms with Gasteiger partial charge in [0.15, 0.2) is 0 Å². The van der Waals surface area contributed by atoms with Crippen molar-refractivity contribution in [2.24, 2.45) is 0 Å². The lowest BCUT2D eigenvalue weighted by atomic mass is 10.0. The van der Waals surface area contributed by atoms with Gasteiger partial charge < -0.3 is 4.74 Å². The summed E-state index contributed by atoms with van der Waals surface area (Å²) in [6.07, 6.45) is 0. The van der Waals surface area contributed by atoms with Crippen molar-refractivity contribution in [3.05, 3.63) is 62.6 Å². The van der Waals surface area contributed by atoms with Crippen LogP contribution in [-0.2, 0) is 0 Å². The molecule has 1 unspecified atom stereocenters. The number of benzene rings is 2. The number of aryl methyl sites for hydroxylation is 1. The van der Waals surface area contributed by atoms with Crippen molar-refractivity contribution in [2.45, 2.75) is 11.8 Å². The van der Waals surface area contributed by atoms with Gasteiger partial charge in [0.05, 0.1) is 17.0 Å². The Bertz CT molecular complexity index is 599. The van der Waals surface area contributed by atoms with Crippen LogP contribution in [0.25, 0.3) is 0 Å². The Morgan fingerprint density at radius 3 is 2.53 bits per heavy atom. The number of hydrogen-bond acceptors (Lipinski definition) is 1. The fraction of sp³-hybridized carbons (Fsp3) is 0.200. The van der Waals surface area contributed by atoms with Gasteiger partial charge in [-0.1, -0.05) is 67.2 Å². The monoisotopic (exact) mass is 402 g/mol. The zero-order valence-corrected chi connectivity index (χ0v) is 14.5. The Morgan fingerprint density at radius 2 is 1.89 bits per heavy atom. The highest BCUT2D eigenvalue weighted by Gasteiger charge is 2.15. The van der Waals surface area contributed by atoms with Gasteiger partial charge in [0.25, 0.3) is 0 Å². The van der Waals surface area contributed by atoms with E-state index in [1.807, 2.05) is 18.2 Å². The van der Waals surface area contributed by atoms with Crippen LogP contribution in [0.1, 0.15) is 21.5 Å². The second kappa shape index (κ2) is 6.29.